The molecule has 3 aromatic carbocycles. The summed E-state index contributed by atoms with van der Waals surface area (Å²) in [6.07, 6.45) is 3.19. The van der Waals surface area contributed by atoms with E-state index >= 15 is 0 Å². The van der Waals surface area contributed by atoms with Gasteiger partial charge in [-0.25, -0.2) is 15.4 Å². The van der Waals surface area contributed by atoms with Gasteiger partial charge in [-0.1, -0.05) is 48.5 Å². The third-order valence-corrected chi connectivity index (χ3v) is 10.9. The Hall–Kier alpha value is -4.53. The third-order valence-electron chi connectivity index (χ3n) is 10.5. The molecule has 4 aromatic rings. The molecule has 0 unspecified atom stereocenters. The van der Waals surface area contributed by atoms with Crippen LogP contribution in [0.3, 0.4) is 0 Å². The molecule has 1 saturated carbocycles. The van der Waals surface area contributed by atoms with Crippen molar-refractivity contribution in [1.82, 2.24) is 19.8 Å². The number of benzene rings is 3. The molecule has 0 radical (unpaired) electrons. The number of rotatable bonds is 9. The number of halogens is 3. The highest BCUT2D eigenvalue weighted by atomic mass is 35.5. The minimum Gasteiger partial charge on any atom is -0.487 e. The van der Waals surface area contributed by atoms with E-state index in [1.807, 2.05) is 53.4 Å². The van der Waals surface area contributed by atoms with Crippen LogP contribution >= 0.6 is 11.6 Å². The van der Waals surface area contributed by atoms with Crippen LogP contribution in [0, 0.1) is 6.57 Å². The molecule has 1 amide bonds. The van der Waals surface area contributed by atoms with Gasteiger partial charge in [0.25, 0.3) is 5.91 Å². The Balaban J connectivity index is 1.27. The summed E-state index contributed by atoms with van der Waals surface area (Å²) in [6.45, 7) is 13.0. The highest BCUT2D eigenvalue weighted by Crippen LogP contribution is 2.46. The van der Waals surface area contributed by atoms with Crippen LogP contribution in [-0.2, 0) is 4.79 Å². The van der Waals surface area contributed by atoms with E-state index in [2.05, 4.69) is 16.3 Å². The lowest BCUT2D eigenvalue weighted by Crippen LogP contribution is -2.56. The maximum Gasteiger partial charge on any atom is 0.319 e. The van der Waals surface area contributed by atoms with Crippen molar-refractivity contribution in [1.29, 1.82) is 0 Å². The predicted molar refractivity (Wildman–Crippen MR) is 189 cm³/mol. The fourth-order valence-corrected chi connectivity index (χ4v) is 8.31. The number of hydrogen-bond acceptors (Lipinski definition) is 7. The summed E-state index contributed by atoms with van der Waals surface area (Å²) in [5, 5.41) is 3.24. The Morgan fingerprint density at radius 1 is 1.08 bits per heavy atom. The molecule has 4 heterocycles. The lowest BCUT2D eigenvalue weighted by molar-refractivity contribution is -0.131. The highest BCUT2D eigenvalue weighted by molar-refractivity contribution is 6.36. The molecule has 4 fully saturated rings. The van der Waals surface area contributed by atoms with Crippen LogP contribution in [0.2, 0.25) is 5.02 Å². The fraction of sp³-hybridized carbons (Fsp3) is 0.421. The van der Waals surface area contributed by atoms with Crippen molar-refractivity contribution in [2.75, 3.05) is 50.8 Å². The molecule has 12 heteroatoms. The molecule has 8 rings (SSSR count). The first-order valence-corrected chi connectivity index (χ1v) is 17.6. The van der Waals surface area contributed by atoms with Gasteiger partial charge in [-0.15, -0.1) is 0 Å². The first kappa shape index (κ1) is 32.7. The molecule has 1 aliphatic carbocycles. The lowest BCUT2D eigenvalue weighted by Gasteiger charge is -2.39. The normalized spacial score (nSPS) is 23.6. The summed E-state index contributed by atoms with van der Waals surface area (Å²) in [6, 6.07) is 15.4. The van der Waals surface area contributed by atoms with E-state index < -0.39 is 29.5 Å². The smallest absolute Gasteiger partial charge is 0.319 e. The van der Waals surface area contributed by atoms with Gasteiger partial charge in [0.05, 0.1) is 11.6 Å². The van der Waals surface area contributed by atoms with Crippen molar-refractivity contribution in [2.45, 2.75) is 56.0 Å². The maximum atomic E-state index is 14.7. The number of amides is 1. The van der Waals surface area contributed by atoms with E-state index in [1.165, 1.54) is 4.90 Å². The number of carbonyl (C=O) groups is 1. The number of carbonyl (C=O) groups excluding carboxylic acids is 1. The maximum absolute atomic E-state index is 14.7. The Kier molecular flexibility index (Phi) is 8.48. The number of hydrogen-bond donors (Lipinski definition) is 0. The molecule has 0 spiro atoms. The highest BCUT2D eigenvalue weighted by Gasteiger charge is 2.49. The summed E-state index contributed by atoms with van der Waals surface area (Å²) in [7, 11) is 0. The van der Waals surface area contributed by atoms with Crippen molar-refractivity contribution < 1.29 is 23.0 Å². The zero-order valence-electron chi connectivity index (χ0n) is 27.6. The zero-order chi connectivity index (χ0) is 34.6. The van der Waals surface area contributed by atoms with Gasteiger partial charge in [0, 0.05) is 54.0 Å². The second-order valence-electron chi connectivity index (χ2n) is 13.8. The molecule has 3 aliphatic heterocycles. The average molecular weight is 699 g/mol. The van der Waals surface area contributed by atoms with Gasteiger partial charge in [0.15, 0.2) is 11.6 Å². The Morgan fingerprint density at radius 2 is 1.90 bits per heavy atom. The van der Waals surface area contributed by atoms with E-state index in [0.717, 1.165) is 54.1 Å². The molecular formula is C38H37ClF2N6O3. The van der Waals surface area contributed by atoms with Gasteiger partial charge in [-0.3, -0.25) is 9.69 Å². The van der Waals surface area contributed by atoms with Crippen LogP contribution in [0.5, 0.6) is 11.8 Å². The van der Waals surface area contributed by atoms with E-state index in [-0.39, 0.29) is 38.4 Å². The summed E-state index contributed by atoms with van der Waals surface area (Å²) < 4.78 is 41.8. The third kappa shape index (κ3) is 5.88. The number of alkyl halides is 1. The first-order valence-electron chi connectivity index (χ1n) is 17.2. The van der Waals surface area contributed by atoms with E-state index in [4.69, 9.17) is 37.6 Å². The SMILES string of the molecule is [C-]#[N+]C[C@H]1CN(c2nc(OC[C@@]34CCCN3C[C@H](F)C4)nc3c(OC4CC4)c(-c4cccc5cccc(Cl)c45)ccc23)CCN1C(=O)C(=C)F. The van der Waals surface area contributed by atoms with Crippen molar-refractivity contribution in [3.63, 3.8) is 0 Å². The van der Waals surface area contributed by atoms with Gasteiger partial charge in [0.2, 0.25) is 6.54 Å². The van der Waals surface area contributed by atoms with Crippen LogP contribution in [0.25, 0.3) is 37.6 Å². The van der Waals surface area contributed by atoms with E-state index in [0.29, 0.717) is 47.0 Å². The molecule has 50 heavy (non-hydrogen) atoms. The molecule has 258 valence electrons. The quantitative estimate of drug-likeness (QED) is 0.137. The van der Waals surface area contributed by atoms with Crippen molar-refractivity contribution in [2.24, 2.45) is 0 Å². The number of ether oxygens (including phenoxy) is 2. The zero-order valence-corrected chi connectivity index (χ0v) is 28.3. The van der Waals surface area contributed by atoms with E-state index in [9.17, 15) is 13.6 Å². The minimum absolute atomic E-state index is 0.00727. The van der Waals surface area contributed by atoms with Crippen molar-refractivity contribution >= 4 is 45.0 Å². The summed E-state index contributed by atoms with van der Waals surface area (Å²) in [5.74, 6) is -0.708. The van der Waals surface area contributed by atoms with Gasteiger partial charge in [0.1, 0.15) is 30.2 Å². The molecule has 3 atom stereocenters. The number of aromatic nitrogens is 2. The second-order valence-corrected chi connectivity index (χ2v) is 14.2. The average Bonchev–Trinajstić information content (AvgIpc) is 3.77. The largest absolute Gasteiger partial charge is 0.487 e. The molecule has 9 nitrogen and oxygen atoms in total. The Labute approximate surface area is 294 Å². The predicted octanol–water partition coefficient (Wildman–Crippen LogP) is 7.02. The van der Waals surface area contributed by atoms with Gasteiger partial charge < -0.3 is 24.1 Å². The Morgan fingerprint density at radius 3 is 2.68 bits per heavy atom. The van der Waals surface area contributed by atoms with Crippen molar-refractivity contribution in [3.05, 3.63) is 77.4 Å². The van der Waals surface area contributed by atoms with Crippen LogP contribution < -0.4 is 14.4 Å². The first-order chi connectivity index (χ1) is 24.2. The molecule has 1 aromatic heterocycles. The molecule has 4 aliphatic rings. The summed E-state index contributed by atoms with van der Waals surface area (Å²) in [5.41, 5.74) is 1.89. The van der Waals surface area contributed by atoms with Gasteiger partial charge in [-0.2, -0.15) is 9.97 Å². The van der Waals surface area contributed by atoms with Crippen LogP contribution in [0.15, 0.2) is 60.9 Å². The summed E-state index contributed by atoms with van der Waals surface area (Å²) in [4.78, 5) is 31.8. The molecular weight excluding hydrogens is 662 g/mol. The van der Waals surface area contributed by atoms with Crippen molar-refractivity contribution in [3.8, 4) is 22.9 Å². The lowest BCUT2D eigenvalue weighted by atomic mass is 9.95. The second kappa shape index (κ2) is 13.0. The number of fused-ring (bicyclic) bond motifs is 3. The van der Waals surface area contributed by atoms with Crippen LogP contribution in [0.1, 0.15) is 32.1 Å². The van der Waals surface area contributed by atoms with Gasteiger partial charge in [-0.05, 0) is 61.4 Å². The fourth-order valence-electron chi connectivity index (χ4n) is 8.02. The molecule has 0 bridgehead atoms. The topological polar surface area (TPSA) is 75.4 Å². The van der Waals surface area contributed by atoms with Crippen LogP contribution in [-0.4, -0.2) is 95.4 Å². The molecule has 0 N–H and O–H groups in total. The molecule has 3 saturated heterocycles. The summed E-state index contributed by atoms with van der Waals surface area (Å²) >= 11 is 6.80. The Bertz CT molecular complexity index is 2050. The minimum atomic E-state index is -1.05. The monoisotopic (exact) mass is 698 g/mol. The standard InChI is InChI=1S/C38H37ClF2N6O3/c1-23(40)36(48)47-17-16-45(21-26(47)19-42-2)35-30-13-12-29(28-8-3-6-24-7-4-9-31(39)32(24)28)34(50-27-10-11-27)33(30)43-37(44-35)49-22-38-14-5-15-46(38)20-25(41)18-38/h3-4,6-9,12-13,25-27H,1,5,10-11,14-22H2/t25-,26+,38+/m1/s1. The number of piperazine rings is 1. The van der Waals surface area contributed by atoms with E-state index in [1.54, 1.807) is 0 Å². The van der Waals surface area contributed by atoms with Crippen LogP contribution in [0.4, 0.5) is 14.6 Å². The number of anilines is 1. The van der Waals surface area contributed by atoms with Gasteiger partial charge >= 0.3 is 6.01 Å². The number of nitrogens with zero attached hydrogens (tertiary/aromatic N) is 6.